The Morgan fingerprint density at radius 1 is 1.19 bits per heavy atom. The van der Waals surface area contributed by atoms with Gasteiger partial charge in [0.1, 0.15) is 22.8 Å². The van der Waals surface area contributed by atoms with Gasteiger partial charge in [-0.25, -0.2) is 0 Å². The number of ether oxygens (including phenoxy) is 1. The first-order valence-electron chi connectivity index (χ1n) is 9.87. The second-order valence-electron chi connectivity index (χ2n) is 6.98. The summed E-state index contributed by atoms with van der Waals surface area (Å²) in [5, 5.41) is 16.6. The topological polar surface area (TPSA) is 102 Å². The Labute approximate surface area is 185 Å². The van der Waals surface area contributed by atoms with E-state index in [9.17, 15) is 14.7 Å². The molecule has 1 heterocycles. The highest BCUT2D eigenvalue weighted by molar-refractivity contribution is 6.33. The van der Waals surface area contributed by atoms with E-state index < -0.39 is 17.9 Å². The average Bonchev–Trinajstić information content (AvgIpc) is 3.13. The molecule has 0 bridgehead atoms. The number of hydrogen-bond acceptors (Lipinski definition) is 5. The standard InChI is InChI=1S/C23H23ClN2O5/c1-3-12-30-16-10-8-15(9-11-16)19(13-20(27)28)25-23(29)21-14(2)31-26-22(21)17-6-4-5-7-18(17)24/h4-11,19H,3,12-13H2,1-2H3,(H,25,29)(H,27,28). The number of carboxylic acids is 1. The summed E-state index contributed by atoms with van der Waals surface area (Å²) in [7, 11) is 0. The third-order valence-corrected chi connectivity index (χ3v) is 4.99. The summed E-state index contributed by atoms with van der Waals surface area (Å²) < 4.78 is 10.8. The Bertz CT molecular complexity index is 1060. The van der Waals surface area contributed by atoms with E-state index in [0.717, 1.165) is 6.42 Å². The molecule has 0 radical (unpaired) electrons. The maximum Gasteiger partial charge on any atom is 0.305 e. The van der Waals surface area contributed by atoms with E-state index >= 15 is 0 Å². The van der Waals surface area contributed by atoms with Crippen LogP contribution in [-0.2, 0) is 4.79 Å². The first kappa shape index (κ1) is 22.4. The first-order valence-corrected chi connectivity index (χ1v) is 10.2. The van der Waals surface area contributed by atoms with E-state index in [-0.39, 0.29) is 12.0 Å². The highest BCUT2D eigenvalue weighted by Gasteiger charge is 2.26. The largest absolute Gasteiger partial charge is 0.494 e. The number of carbonyl (C=O) groups excluding carboxylic acids is 1. The van der Waals surface area contributed by atoms with Crippen LogP contribution in [0, 0.1) is 6.92 Å². The number of aryl methyl sites for hydroxylation is 1. The lowest BCUT2D eigenvalue weighted by Crippen LogP contribution is -2.30. The van der Waals surface area contributed by atoms with Crippen LogP contribution in [0.2, 0.25) is 5.02 Å². The fourth-order valence-corrected chi connectivity index (χ4v) is 3.38. The molecule has 3 rings (SSSR count). The van der Waals surface area contributed by atoms with Crippen LogP contribution in [0.5, 0.6) is 5.75 Å². The molecule has 0 spiro atoms. The lowest BCUT2D eigenvalue weighted by Gasteiger charge is -2.18. The molecule has 8 heteroatoms. The average molecular weight is 443 g/mol. The number of aliphatic carboxylic acids is 1. The molecule has 3 aromatic rings. The molecule has 1 amide bonds. The lowest BCUT2D eigenvalue weighted by molar-refractivity contribution is -0.137. The second kappa shape index (κ2) is 10.1. The Kier molecular flexibility index (Phi) is 7.31. The van der Waals surface area contributed by atoms with Crippen molar-refractivity contribution in [3.63, 3.8) is 0 Å². The smallest absolute Gasteiger partial charge is 0.305 e. The number of hydrogen-bond donors (Lipinski definition) is 2. The van der Waals surface area contributed by atoms with Gasteiger partial charge in [-0.3, -0.25) is 9.59 Å². The number of aromatic nitrogens is 1. The van der Waals surface area contributed by atoms with E-state index in [1.807, 2.05) is 6.92 Å². The van der Waals surface area contributed by atoms with Gasteiger partial charge in [0.15, 0.2) is 0 Å². The number of nitrogens with one attached hydrogen (secondary N) is 1. The molecule has 0 aliphatic carbocycles. The Morgan fingerprint density at radius 2 is 1.90 bits per heavy atom. The third-order valence-electron chi connectivity index (χ3n) is 4.66. The molecule has 31 heavy (non-hydrogen) atoms. The quantitative estimate of drug-likeness (QED) is 0.481. The summed E-state index contributed by atoms with van der Waals surface area (Å²) >= 11 is 6.26. The summed E-state index contributed by atoms with van der Waals surface area (Å²) in [4.78, 5) is 24.6. The van der Waals surface area contributed by atoms with Crippen molar-refractivity contribution in [2.24, 2.45) is 0 Å². The number of nitrogens with zero attached hydrogens (tertiary/aromatic N) is 1. The molecule has 1 unspecified atom stereocenters. The molecular weight excluding hydrogens is 420 g/mol. The number of halogens is 1. The molecule has 0 saturated heterocycles. The van der Waals surface area contributed by atoms with Gasteiger partial charge >= 0.3 is 5.97 Å². The predicted octanol–water partition coefficient (Wildman–Crippen LogP) is 5.04. The van der Waals surface area contributed by atoms with Crippen molar-refractivity contribution in [3.8, 4) is 17.0 Å². The van der Waals surface area contributed by atoms with Gasteiger partial charge in [0, 0.05) is 5.56 Å². The minimum Gasteiger partial charge on any atom is -0.494 e. The SMILES string of the molecule is CCCOc1ccc(C(CC(=O)O)NC(=O)c2c(-c3ccccc3Cl)noc2C)cc1. The maximum absolute atomic E-state index is 13.1. The van der Waals surface area contributed by atoms with Crippen LogP contribution in [0.25, 0.3) is 11.3 Å². The van der Waals surface area contributed by atoms with Gasteiger partial charge in [-0.15, -0.1) is 0 Å². The first-order chi connectivity index (χ1) is 14.9. The van der Waals surface area contributed by atoms with E-state index in [1.165, 1.54) is 0 Å². The lowest BCUT2D eigenvalue weighted by atomic mass is 10.0. The van der Waals surface area contributed by atoms with Crippen LogP contribution >= 0.6 is 11.6 Å². The fourth-order valence-electron chi connectivity index (χ4n) is 3.15. The molecule has 0 aliphatic rings. The van der Waals surface area contributed by atoms with Crippen LogP contribution in [0.15, 0.2) is 53.1 Å². The number of benzene rings is 2. The van der Waals surface area contributed by atoms with Crippen molar-refractivity contribution in [3.05, 3.63) is 70.4 Å². The predicted molar refractivity (Wildman–Crippen MR) is 116 cm³/mol. The van der Waals surface area contributed by atoms with Gasteiger partial charge < -0.3 is 19.7 Å². The molecule has 162 valence electrons. The van der Waals surface area contributed by atoms with Crippen LogP contribution in [0.3, 0.4) is 0 Å². The number of carboxylic acid groups (broad SMARTS) is 1. The van der Waals surface area contributed by atoms with E-state index in [1.54, 1.807) is 55.5 Å². The van der Waals surface area contributed by atoms with Gasteiger partial charge in [0.2, 0.25) is 0 Å². The molecule has 2 N–H and O–H groups in total. The van der Waals surface area contributed by atoms with Gasteiger partial charge in [-0.05, 0) is 37.1 Å². The summed E-state index contributed by atoms with van der Waals surface area (Å²) in [5.41, 5.74) is 1.72. The van der Waals surface area contributed by atoms with Crippen molar-refractivity contribution < 1.29 is 24.0 Å². The second-order valence-corrected chi connectivity index (χ2v) is 7.39. The maximum atomic E-state index is 13.1. The summed E-state index contributed by atoms with van der Waals surface area (Å²) in [6, 6.07) is 13.2. The van der Waals surface area contributed by atoms with Crippen molar-refractivity contribution in [2.45, 2.75) is 32.7 Å². The van der Waals surface area contributed by atoms with Crippen molar-refractivity contribution in [1.82, 2.24) is 10.5 Å². The molecule has 2 aromatic carbocycles. The Balaban J connectivity index is 1.88. The Morgan fingerprint density at radius 3 is 2.55 bits per heavy atom. The normalized spacial score (nSPS) is 11.7. The highest BCUT2D eigenvalue weighted by Crippen LogP contribution is 2.31. The molecule has 0 aliphatic heterocycles. The summed E-state index contributed by atoms with van der Waals surface area (Å²) in [6.45, 7) is 4.22. The number of amides is 1. The monoisotopic (exact) mass is 442 g/mol. The summed E-state index contributed by atoms with van der Waals surface area (Å²) in [6.07, 6.45) is 0.595. The van der Waals surface area contributed by atoms with Crippen molar-refractivity contribution >= 4 is 23.5 Å². The molecule has 1 atom stereocenters. The van der Waals surface area contributed by atoms with E-state index in [4.69, 9.17) is 20.9 Å². The van der Waals surface area contributed by atoms with Crippen LogP contribution in [0.1, 0.15) is 47.5 Å². The highest BCUT2D eigenvalue weighted by atomic mass is 35.5. The van der Waals surface area contributed by atoms with Crippen LogP contribution in [-0.4, -0.2) is 28.7 Å². The molecule has 0 saturated carbocycles. The molecule has 1 aromatic heterocycles. The van der Waals surface area contributed by atoms with Crippen LogP contribution in [0.4, 0.5) is 0 Å². The zero-order chi connectivity index (χ0) is 22.4. The molecular formula is C23H23ClN2O5. The zero-order valence-electron chi connectivity index (χ0n) is 17.2. The number of rotatable bonds is 9. The van der Waals surface area contributed by atoms with E-state index in [0.29, 0.717) is 40.0 Å². The molecule has 0 fully saturated rings. The van der Waals surface area contributed by atoms with Crippen molar-refractivity contribution in [1.29, 1.82) is 0 Å². The van der Waals surface area contributed by atoms with Gasteiger partial charge in [-0.1, -0.05) is 54.0 Å². The molecule has 7 nitrogen and oxygen atoms in total. The van der Waals surface area contributed by atoms with Gasteiger partial charge in [0.05, 0.1) is 24.1 Å². The Hall–Kier alpha value is -3.32. The van der Waals surface area contributed by atoms with Crippen LogP contribution < -0.4 is 10.1 Å². The van der Waals surface area contributed by atoms with Gasteiger partial charge in [0.25, 0.3) is 5.91 Å². The van der Waals surface area contributed by atoms with E-state index in [2.05, 4.69) is 10.5 Å². The minimum absolute atomic E-state index is 0.214. The number of carbonyl (C=O) groups is 2. The van der Waals surface area contributed by atoms with Gasteiger partial charge in [-0.2, -0.15) is 0 Å². The fraction of sp³-hybridized carbons (Fsp3) is 0.261. The summed E-state index contributed by atoms with van der Waals surface area (Å²) in [5.74, 6) is -0.539. The third kappa shape index (κ3) is 5.44. The zero-order valence-corrected chi connectivity index (χ0v) is 18.0. The minimum atomic E-state index is -1.04. The van der Waals surface area contributed by atoms with Crippen molar-refractivity contribution in [2.75, 3.05) is 6.61 Å².